The summed E-state index contributed by atoms with van der Waals surface area (Å²) in [5.41, 5.74) is 6.33. The monoisotopic (exact) mass is 450 g/mol. The Labute approximate surface area is 190 Å². The molecule has 158 valence electrons. The van der Waals surface area contributed by atoms with E-state index in [9.17, 15) is 9.90 Å². The Hall–Kier alpha value is -2.21. The van der Waals surface area contributed by atoms with E-state index in [1.807, 2.05) is 4.90 Å². The summed E-state index contributed by atoms with van der Waals surface area (Å²) in [6, 6.07) is 15.2. The van der Waals surface area contributed by atoms with Crippen LogP contribution in [0.3, 0.4) is 0 Å². The molecule has 1 N–H and O–H groups in total. The van der Waals surface area contributed by atoms with Crippen LogP contribution in [-0.2, 0) is 5.41 Å². The third kappa shape index (κ3) is 3.22. The lowest BCUT2D eigenvalue weighted by Gasteiger charge is -2.25. The van der Waals surface area contributed by atoms with Gasteiger partial charge < -0.3 is 10.0 Å². The van der Waals surface area contributed by atoms with Crippen LogP contribution in [0.2, 0.25) is 4.47 Å². The van der Waals surface area contributed by atoms with Crippen LogP contribution in [0.4, 0.5) is 0 Å². The van der Waals surface area contributed by atoms with Crippen LogP contribution in [0.5, 0.6) is 0 Å². The van der Waals surface area contributed by atoms with Crippen molar-refractivity contribution in [2.75, 3.05) is 13.1 Å². The van der Waals surface area contributed by atoms with E-state index in [0.29, 0.717) is 35.6 Å². The third-order valence-corrected chi connectivity index (χ3v) is 8.17. The molecule has 4 nitrogen and oxygen atoms in total. The highest BCUT2D eigenvalue weighted by atomic mass is 35.5. The summed E-state index contributed by atoms with van der Waals surface area (Å²) in [5.74, 6) is 0.604. The zero-order valence-corrected chi connectivity index (χ0v) is 18.6. The first kappa shape index (κ1) is 19.5. The Morgan fingerprint density at radius 1 is 1.19 bits per heavy atom. The van der Waals surface area contributed by atoms with Crippen molar-refractivity contribution in [2.24, 2.45) is 0 Å². The molecule has 1 aliphatic heterocycles. The second-order valence-corrected chi connectivity index (χ2v) is 10.6. The van der Waals surface area contributed by atoms with Crippen LogP contribution in [0.1, 0.15) is 64.9 Å². The van der Waals surface area contributed by atoms with E-state index in [1.54, 1.807) is 5.38 Å². The quantitative estimate of drug-likeness (QED) is 0.568. The standard InChI is InChI=1S/C25H23ClN2O2S/c26-24-27-21(13-31-24)23(30)28-10-9-25(14-28)12-22(29)19-11-16(7-8-20(19)25)18-4-2-1-3-17(18)15-5-6-15/h1-4,7-8,11,13,15,22,29H,5-6,9-10,12,14H2/t22-,25-/m0/s1. The van der Waals surface area contributed by atoms with Crippen LogP contribution in [-0.4, -0.2) is 34.0 Å². The Bertz CT molecular complexity index is 1190. The van der Waals surface area contributed by atoms with E-state index in [0.717, 1.165) is 12.0 Å². The molecule has 1 aromatic heterocycles. The maximum absolute atomic E-state index is 12.9. The Morgan fingerprint density at radius 2 is 2.03 bits per heavy atom. The molecule has 1 spiro atoms. The van der Waals surface area contributed by atoms with Gasteiger partial charge in [0.25, 0.3) is 5.91 Å². The summed E-state index contributed by atoms with van der Waals surface area (Å²) in [6.07, 6.45) is 3.56. The van der Waals surface area contributed by atoms with Gasteiger partial charge in [0, 0.05) is 23.9 Å². The van der Waals surface area contributed by atoms with Gasteiger partial charge in [0.05, 0.1) is 6.10 Å². The normalized spacial score (nSPS) is 24.7. The molecule has 1 amide bonds. The van der Waals surface area contributed by atoms with Crippen molar-refractivity contribution >= 4 is 28.8 Å². The number of benzene rings is 2. The second-order valence-electron chi connectivity index (χ2n) is 9.13. The molecule has 6 heteroatoms. The first-order valence-electron chi connectivity index (χ1n) is 10.9. The van der Waals surface area contributed by atoms with Gasteiger partial charge in [0.2, 0.25) is 0 Å². The number of aliphatic hydroxyl groups excluding tert-OH is 1. The van der Waals surface area contributed by atoms with E-state index in [-0.39, 0.29) is 11.3 Å². The lowest BCUT2D eigenvalue weighted by atomic mass is 9.80. The fourth-order valence-corrected chi connectivity index (χ4v) is 6.27. The van der Waals surface area contributed by atoms with Crippen molar-refractivity contribution in [1.29, 1.82) is 0 Å². The highest BCUT2D eigenvalue weighted by Crippen LogP contribution is 2.52. The van der Waals surface area contributed by atoms with Crippen molar-refractivity contribution in [3.8, 4) is 11.1 Å². The van der Waals surface area contributed by atoms with Crippen molar-refractivity contribution in [3.63, 3.8) is 0 Å². The summed E-state index contributed by atoms with van der Waals surface area (Å²) >= 11 is 7.20. The molecule has 0 radical (unpaired) electrons. The highest BCUT2D eigenvalue weighted by molar-refractivity contribution is 7.14. The van der Waals surface area contributed by atoms with E-state index in [2.05, 4.69) is 47.4 Å². The number of carbonyl (C=O) groups excluding carboxylic acids is 1. The fourth-order valence-electron chi connectivity index (χ4n) is 5.53. The average molecular weight is 451 g/mol. The molecular formula is C25H23ClN2O2S. The van der Waals surface area contributed by atoms with Gasteiger partial charge in [-0.05, 0) is 65.5 Å². The van der Waals surface area contributed by atoms with Crippen LogP contribution in [0.15, 0.2) is 47.8 Å². The van der Waals surface area contributed by atoms with E-state index >= 15 is 0 Å². The number of carbonyl (C=O) groups is 1. The zero-order chi connectivity index (χ0) is 21.2. The minimum Gasteiger partial charge on any atom is -0.388 e. The van der Waals surface area contributed by atoms with Gasteiger partial charge in [-0.25, -0.2) is 4.98 Å². The number of amides is 1. The van der Waals surface area contributed by atoms with Crippen molar-refractivity contribution in [3.05, 3.63) is 74.7 Å². The topological polar surface area (TPSA) is 53.4 Å². The number of nitrogens with zero attached hydrogens (tertiary/aromatic N) is 2. The molecule has 3 aliphatic rings. The molecule has 2 aromatic carbocycles. The van der Waals surface area contributed by atoms with Gasteiger partial charge in [0.15, 0.2) is 4.47 Å². The third-order valence-electron chi connectivity index (χ3n) is 7.19. The molecule has 31 heavy (non-hydrogen) atoms. The van der Waals surface area contributed by atoms with Crippen molar-refractivity contribution < 1.29 is 9.90 Å². The van der Waals surface area contributed by atoms with Gasteiger partial charge in [-0.3, -0.25) is 4.79 Å². The number of hydrogen-bond donors (Lipinski definition) is 1. The number of fused-ring (bicyclic) bond motifs is 2. The molecule has 2 aliphatic carbocycles. The fraction of sp³-hybridized carbons (Fsp3) is 0.360. The Morgan fingerprint density at radius 3 is 2.81 bits per heavy atom. The van der Waals surface area contributed by atoms with Crippen molar-refractivity contribution in [1.82, 2.24) is 9.88 Å². The molecule has 2 atom stereocenters. The molecule has 1 saturated heterocycles. The summed E-state index contributed by atoms with van der Waals surface area (Å²) in [4.78, 5) is 18.9. The second kappa shape index (κ2) is 7.16. The van der Waals surface area contributed by atoms with E-state index in [4.69, 9.17) is 11.6 Å². The number of halogens is 1. The van der Waals surface area contributed by atoms with E-state index in [1.165, 1.54) is 46.4 Å². The van der Waals surface area contributed by atoms with Crippen LogP contribution in [0.25, 0.3) is 11.1 Å². The minimum absolute atomic E-state index is 0.0713. The summed E-state index contributed by atoms with van der Waals surface area (Å²) in [7, 11) is 0. The molecule has 2 fully saturated rings. The molecule has 0 bridgehead atoms. The number of hydrogen-bond acceptors (Lipinski definition) is 4. The number of aromatic nitrogens is 1. The van der Waals surface area contributed by atoms with Gasteiger partial charge in [-0.1, -0.05) is 48.0 Å². The smallest absolute Gasteiger partial charge is 0.273 e. The number of aliphatic hydroxyl groups is 1. The predicted octanol–water partition coefficient (Wildman–Crippen LogP) is 5.56. The molecule has 6 rings (SSSR count). The summed E-state index contributed by atoms with van der Waals surface area (Å²) in [6.45, 7) is 1.29. The molecule has 1 saturated carbocycles. The van der Waals surface area contributed by atoms with Crippen LogP contribution >= 0.6 is 22.9 Å². The lowest BCUT2D eigenvalue weighted by Crippen LogP contribution is -2.33. The molecular weight excluding hydrogens is 428 g/mol. The maximum Gasteiger partial charge on any atom is 0.273 e. The van der Waals surface area contributed by atoms with Crippen molar-refractivity contribution in [2.45, 2.75) is 43.1 Å². The largest absolute Gasteiger partial charge is 0.388 e. The minimum atomic E-state index is -0.494. The Balaban J connectivity index is 1.32. The number of rotatable bonds is 3. The lowest BCUT2D eigenvalue weighted by molar-refractivity contribution is 0.0771. The van der Waals surface area contributed by atoms with Gasteiger partial charge in [0.1, 0.15) is 5.69 Å². The zero-order valence-electron chi connectivity index (χ0n) is 17.1. The van der Waals surface area contributed by atoms with Crippen LogP contribution < -0.4 is 0 Å². The number of likely N-dealkylation sites (tertiary alicyclic amines) is 1. The first-order chi connectivity index (χ1) is 15.0. The molecule has 3 aromatic rings. The average Bonchev–Trinajstić information content (AvgIpc) is 3.31. The van der Waals surface area contributed by atoms with Crippen LogP contribution in [0, 0.1) is 0 Å². The van der Waals surface area contributed by atoms with Gasteiger partial charge in [-0.15, -0.1) is 11.3 Å². The number of thiazole rings is 1. The van der Waals surface area contributed by atoms with Gasteiger partial charge in [-0.2, -0.15) is 0 Å². The Kier molecular flexibility index (Phi) is 4.50. The SMILES string of the molecule is O=C(c1csc(Cl)n1)N1CC[C@]2(C[C@H](O)c3cc(-c4ccccc4C4CC4)ccc32)C1. The first-order valence-corrected chi connectivity index (χ1v) is 12.1. The van der Waals surface area contributed by atoms with E-state index < -0.39 is 6.10 Å². The summed E-state index contributed by atoms with van der Waals surface area (Å²) in [5, 5.41) is 12.7. The maximum atomic E-state index is 12.9. The highest BCUT2D eigenvalue weighted by Gasteiger charge is 2.49. The predicted molar refractivity (Wildman–Crippen MR) is 123 cm³/mol. The molecule has 0 unspecified atom stereocenters. The van der Waals surface area contributed by atoms with Gasteiger partial charge >= 0.3 is 0 Å². The summed E-state index contributed by atoms with van der Waals surface area (Å²) < 4.78 is 0.387. The molecule has 2 heterocycles.